The smallest absolute Gasteiger partial charge is 0.0252 e. The summed E-state index contributed by atoms with van der Waals surface area (Å²) < 4.78 is 0. The molecular formula is C11H24N2. The SMILES string of the molecule is CCC(C)(N)CN1CCCC1(C)C. The molecule has 2 nitrogen and oxygen atoms in total. The Bertz CT molecular complexity index is 173. The van der Waals surface area contributed by atoms with Gasteiger partial charge in [-0.1, -0.05) is 6.92 Å². The quantitative estimate of drug-likeness (QED) is 0.727. The molecule has 0 aromatic carbocycles. The second-order valence-corrected chi connectivity index (χ2v) is 5.35. The zero-order valence-electron chi connectivity index (χ0n) is 9.56. The fraction of sp³-hybridized carbons (Fsp3) is 1.00. The van der Waals surface area contributed by atoms with E-state index in [0.717, 1.165) is 13.0 Å². The van der Waals surface area contributed by atoms with Crippen LogP contribution in [0.2, 0.25) is 0 Å². The summed E-state index contributed by atoms with van der Waals surface area (Å²) in [5.74, 6) is 0. The van der Waals surface area contributed by atoms with Crippen LogP contribution < -0.4 is 5.73 Å². The molecule has 1 unspecified atom stereocenters. The summed E-state index contributed by atoms with van der Waals surface area (Å²) in [6.45, 7) is 11.2. The van der Waals surface area contributed by atoms with E-state index in [-0.39, 0.29) is 5.54 Å². The van der Waals surface area contributed by atoms with Crippen molar-refractivity contribution >= 4 is 0 Å². The molecule has 13 heavy (non-hydrogen) atoms. The fourth-order valence-corrected chi connectivity index (χ4v) is 2.00. The number of rotatable bonds is 3. The highest BCUT2D eigenvalue weighted by molar-refractivity contribution is 4.92. The second-order valence-electron chi connectivity index (χ2n) is 5.35. The van der Waals surface area contributed by atoms with Gasteiger partial charge in [-0.3, -0.25) is 4.90 Å². The summed E-state index contributed by atoms with van der Waals surface area (Å²) in [7, 11) is 0. The minimum Gasteiger partial charge on any atom is -0.324 e. The van der Waals surface area contributed by atoms with Crippen LogP contribution in [0.25, 0.3) is 0 Å². The molecule has 78 valence electrons. The molecule has 0 aromatic heterocycles. The van der Waals surface area contributed by atoms with Gasteiger partial charge in [0.15, 0.2) is 0 Å². The Kier molecular flexibility index (Phi) is 3.03. The highest BCUT2D eigenvalue weighted by Crippen LogP contribution is 2.29. The van der Waals surface area contributed by atoms with E-state index in [0.29, 0.717) is 5.54 Å². The zero-order valence-corrected chi connectivity index (χ0v) is 9.56. The number of likely N-dealkylation sites (tertiary alicyclic amines) is 1. The van der Waals surface area contributed by atoms with Gasteiger partial charge in [0.1, 0.15) is 0 Å². The van der Waals surface area contributed by atoms with Crippen LogP contribution in [-0.2, 0) is 0 Å². The predicted molar refractivity (Wildman–Crippen MR) is 57.8 cm³/mol. The third-order valence-electron chi connectivity index (χ3n) is 3.43. The Morgan fingerprint density at radius 1 is 1.46 bits per heavy atom. The van der Waals surface area contributed by atoms with E-state index in [1.165, 1.54) is 19.4 Å². The van der Waals surface area contributed by atoms with Crippen molar-refractivity contribution in [2.24, 2.45) is 5.73 Å². The number of nitrogens with zero attached hydrogens (tertiary/aromatic N) is 1. The Morgan fingerprint density at radius 2 is 2.08 bits per heavy atom. The molecule has 0 bridgehead atoms. The van der Waals surface area contributed by atoms with Gasteiger partial charge < -0.3 is 5.73 Å². The molecule has 2 heteroatoms. The number of hydrogen-bond acceptors (Lipinski definition) is 2. The van der Waals surface area contributed by atoms with Crippen LogP contribution in [0.15, 0.2) is 0 Å². The molecule has 1 aliphatic rings. The average molecular weight is 184 g/mol. The first kappa shape index (κ1) is 11.0. The van der Waals surface area contributed by atoms with Crippen LogP contribution in [0.4, 0.5) is 0 Å². The lowest BCUT2D eigenvalue weighted by Crippen LogP contribution is -2.51. The van der Waals surface area contributed by atoms with Gasteiger partial charge in [-0.05, 0) is 46.6 Å². The Hall–Kier alpha value is -0.0800. The van der Waals surface area contributed by atoms with Crippen molar-refractivity contribution in [3.05, 3.63) is 0 Å². The highest BCUT2D eigenvalue weighted by Gasteiger charge is 2.34. The standard InChI is InChI=1S/C11H24N2/c1-5-11(4,12)9-13-8-6-7-10(13,2)3/h5-9,12H2,1-4H3. The van der Waals surface area contributed by atoms with Crippen LogP contribution in [0, 0.1) is 0 Å². The summed E-state index contributed by atoms with van der Waals surface area (Å²) in [6.07, 6.45) is 3.69. The van der Waals surface area contributed by atoms with Crippen molar-refractivity contribution in [1.82, 2.24) is 4.90 Å². The van der Waals surface area contributed by atoms with E-state index in [1.807, 2.05) is 0 Å². The van der Waals surface area contributed by atoms with Gasteiger partial charge in [-0.25, -0.2) is 0 Å². The van der Waals surface area contributed by atoms with Gasteiger partial charge in [-0.2, -0.15) is 0 Å². The largest absolute Gasteiger partial charge is 0.324 e. The monoisotopic (exact) mass is 184 g/mol. The maximum absolute atomic E-state index is 6.18. The Labute approximate surface area is 82.5 Å². The molecule has 1 aliphatic heterocycles. The highest BCUT2D eigenvalue weighted by atomic mass is 15.2. The lowest BCUT2D eigenvalue weighted by molar-refractivity contribution is 0.138. The normalized spacial score (nSPS) is 27.5. The van der Waals surface area contributed by atoms with Gasteiger partial charge in [0.2, 0.25) is 0 Å². The van der Waals surface area contributed by atoms with E-state index in [2.05, 4.69) is 32.6 Å². The van der Waals surface area contributed by atoms with E-state index < -0.39 is 0 Å². The number of hydrogen-bond donors (Lipinski definition) is 1. The minimum absolute atomic E-state index is 0.0123. The van der Waals surface area contributed by atoms with Crippen molar-refractivity contribution < 1.29 is 0 Å². The molecule has 1 fully saturated rings. The third kappa shape index (κ3) is 2.68. The van der Waals surface area contributed by atoms with Crippen molar-refractivity contribution in [2.45, 2.75) is 58.0 Å². The Balaban J connectivity index is 2.54. The Morgan fingerprint density at radius 3 is 2.46 bits per heavy atom. The molecule has 0 amide bonds. The van der Waals surface area contributed by atoms with Crippen LogP contribution in [0.5, 0.6) is 0 Å². The summed E-state index contributed by atoms with van der Waals surface area (Å²) in [5, 5.41) is 0. The summed E-state index contributed by atoms with van der Waals surface area (Å²) in [6, 6.07) is 0. The zero-order chi connectivity index (χ0) is 10.1. The van der Waals surface area contributed by atoms with Gasteiger partial charge in [0.25, 0.3) is 0 Å². The topological polar surface area (TPSA) is 29.3 Å². The number of nitrogens with two attached hydrogens (primary N) is 1. The summed E-state index contributed by atoms with van der Waals surface area (Å²) in [5.41, 5.74) is 6.53. The molecule has 1 rings (SSSR count). The molecule has 1 saturated heterocycles. The van der Waals surface area contributed by atoms with Crippen molar-refractivity contribution in [2.75, 3.05) is 13.1 Å². The minimum atomic E-state index is -0.0123. The van der Waals surface area contributed by atoms with E-state index >= 15 is 0 Å². The van der Waals surface area contributed by atoms with Crippen molar-refractivity contribution in [1.29, 1.82) is 0 Å². The summed E-state index contributed by atoms with van der Waals surface area (Å²) in [4.78, 5) is 2.54. The molecule has 1 heterocycles. The van der Waals surface area contributed by atoms with Crippen molar-refractivity contribution in [3.8, 4) is 0 Å². The van der Waals surface area contributed by atoms with E-state index in [1.54, 1.807) is 0 Å². The average Bonchev–Trinajstić information content (AvgIpc) is 2.31. The molecule has 1 atom stereocenters. The van der Waals surface area contributed by atoms with Crippen LogP contribution in [0.1, 0.15) is 47.0 Å². The fourth-order valence-electron chi connectivity index (χ4n) is 2.00. The lowest BCUT2D eigenvalue weighted by atomic mass is 9.96. The molecule has 0 aliphatic carbocycles. The van der Waals surface area contributed by atoms with Gasteiger partial charge >= 0.3 is 0 Å². The molecule has 0 spiro atoms. The van der Waals surface area contributed by atoms with Crippen LogP contribution in [-0.4, -0.2) is 29.1 Å². The predicted octanol–water partition coefficient (Wildman–Crippen LogP) is 1.99. The van der Waals surface area contributed by atoms with Crippen LogP contribution in [0.3, 0.4) is 0 Å². The molecule has 0 radical (unpaired) electrons. The molecule has 0 aromatic rings. The molecule has 2 N–H and O–H groups in total. The van der Waals surface area contributed by atoms with Crippen LogP contribution >= 0.6 is 0 Å². The molecular weight excluding hydrogens is 160 g/mol. The maximum Gasteiger partial charge on any atom is 0.0252 e. The first-order chi connectivity index (χ1) is 5.87. The third-order valence-corrected chi connectivity index (χ3v) is 3.43. The van der Waals surface area contributed by atoms with Gasteiger partial charge in [0.05, 0.1) is 0 Å². The summed E-state index contributed by atoms with van der Waals surface area (Å²) >= 11 is 0. The maximum atomic E-state index is 6.18. The first-order valence-corrected chi connectivity index (χ1v) is 5.41. The first-order valence-electron chi connectivity index (χ1n) is 5.41. The van der Waals surface area contributed by atoms with Gasteiger partial charge in [-0.15, -0.1) is 0 Å². The van der Waals surface area contributed by atoms with E-state index in [4.69, 9.17) is 5.73 Å². The lowest BCUT2D eigenvalue weighted by Gasteiger charge is -2.37. The van der Waals surface area contributed by atoms with Gasteiger partial charge in [0, 0.05) is 17.6 Å². The second kappa shape index (κ2) is 3.58. The van der Waals surface area contributed by atoms with E-state index in [9.17, 15) is 0 Å². The molecule has 0 saturated carbocycles. The van der Waals surface area contributed by atoms with Crippen molar-refractivity contribution in [3.63, 3.8) is 0 Å².